The van der Waals surface area contributed by atoms with Gasteiger partial charge in [0.05, 0.1) is 18.0 Å². The number of nitrogens with zero attached hydrogens (tertiary/aromatic N) is 2. The molecule has 1 aliphatic carbocycles. The van der Waals surface area contributed by atoms with E-state index in [9.17, 15) is 9.59 Å². The van der Waals surface area contributed by atoms with Crippen molar-refractivity contribution < 1.29 is 14.7 Å². The minimum atomic E-state index is -0.763. The molecular weight excluding hydrogens is 258 g/mol. The number of carboxylic acid groups (broad SMARTS) is 1. The van der Waals surface area contributed by atoms with Gasteiger partial charge in [0.25, 0.3) is 0 Å². The van der Waals surface area contributed by atoms with Crippen molar-refractivity contribution >= 4 is 11.9 Å². The molecule has 0 radical (unpaired) electrons. The summed E-state index contributed by atoms with van der Waals surface area (Å²) in [6, 6.07) is -0.0131. The number of aliphatic carboxylic acids is 1. The van der Waals surface area contributed by atoms with E-state index in [1.807, 2.05) is 20.9 Å². The number of aromatic nitrogens is 2. The van der Waals surface area contributed by atoms with Crippen LogP contribution in [0.1, 0.15) is 36.2 Å². The molecule has 6 nitrogen and oxygen atoms in total. The number of hydrogen-bond acceptors (Lipinski definition) is 3. The Morgan fingerprint density at radius 2 is 2.10 bits per heavy atom. The minimum Gasteiger partial charge on any atom is -0.481 e. The molecule has 0 saturated heterocycles. The second kappa shape index (κ2) is 5.64. The van der Waals surface area contributed by atoms with Gasteiger partial charge in [0.1, 0.15) is 0 Å². The number of nitrogens with one attached hydrogen (secondary N) is 1. The summed E-state index contributed by atoms with van der Waals surface area (Å²) in [5.41, 5.74) is 2.82. The summed E-state index contributed by atoms with van der Waals surface area (Å²) in [5, 5.41) is 16.2. The predicted molar refractivity (Wildman–Crippen MR) is 73.3 cm³/mol. The molecule has 110 valence electrons. The van der Waals surface area contributed by atoms with Crippen LogP contribution in [-0.4, -0.2) is 32.8 Å². The van der Waals surface area contributed by atoms with Crippen LogP contribution in [-0.2, 0) is 23.1 Å². The number of amides is 1. The summed E-state index contributed by atoms with van der Waals surface area (Å²) in [6.45, 7) is 3.84. The molecule has 1 heterocycles. The summed E-state index contributed by atoms with van der Waals surface area (Å²) in [5.74, 6) is -1.14. The summed E-state index contributed by atoms with van der Waals surface area (Å²) >= 11 is 0. The van der Waals surface area contributed by atoms with E-state index in [0.717, 1.165) is 23.4 Å². The van der Waals surface area contributed by atoms with Crippen molar-refractivity contribution in [3.63, 3.8) is 0 Å². The highest BCUT2D eigenvalue weighted by molar-refractivity contribution is 5.79. The average molecular weight is 279 g/mol. The van der Waals surface area contributed by atoms with Crippen molar-refractivity contribution in [1.82, 2.24) is 15.1 Å². The predicted octanol–water partition coefficient (Wildman–Crippen LogP) is 0.949. The third-order valence-electron chi connectivity index (χ3n) is 4.14. The van der Waals surface area contributed by atoms with E-state index in [2.05, 4.69) is 10.4 Å². The van der Waals surface area contributed by atoms with Gasteiger partial charge in [0.15, 0.2) is 0 Å². The van der Waals surface area contributed by atoms with Crippen molar-refractivity contribution in [2.45, 2.75) is 45.6 Å². The normalized spacial score (nSPS) is 21.9. The van der Waals surface area contributed by atoms with E-state index >= 15 is 0 Å². The summed E-state index contributed by atoms with van der Waals surface area (Å²) in [7, 11) is 1.86. The molecule has 1 saturated carbocycles. The number of hydrogen-bond donors (Lipinski definition) is 2. The van der Waals surface area contributed by atoms with Gasteiger partial charge in [0, 0.05) is 24.3 Å². The van der Waals surface area contributed by atoms with Crippen LogP contribution in [0.3, 0.4) is 0 Å². The average Bonchev–Trinajstić information content (AvgIpc) is 2.91. The molecular formula is C14H21N3O3. The fourth-order valence-corrected chi connectivity index (χ4v) is 2.85. The Morgan fingerprint density at radius 3 is 2.60 bits per heavy atom. The molecule has 2 unspecified atom stereocenters. The maximum atomic E-state index is 12.1. The zero-order valence-electron chi connectivity index (χ0n) is 12.1. The zero-order chi connectivity index (χ0) is 14.9. The smallest absolute Gasteiger partial charge is 0.306 e. The first kappa shape index (κ1) is 14.6. The lowest BCUT2D eigenvalue weighted by Crippen LogP contribution is -2.34. The maximum absolute atomic E-state index is 12.1. The monoisotopic (exact) mass is 279 g/mol. The molecule has 1 aliphatic rings. The Balaban J connectivity index is 1.92. The van der Waals surface area contributed by atoms with Crippen molar-refractivity contribution in [3.05, 3.63) is 17.0 Å². The number of carboxylic acids is 1. The number of carbonyl (C=O) groups excluding carboxylic acids is 1. The van der Waals surface area contributed by atoms with E-state index in [0.29, 0.717) is 19.3 Å². The van der Waals surface area contributed by atoms with Crippen LogP contribution in [0.5, 0.6) is 0 Å². The second-order valence-corrected chi connectivity index (χ2v) is 5.56. The lowest BCUT2D eigenvalue weighted by atomic mass is 10.1. The Hall–Kier alpha value is -1.85. The van der Waals surface area contributed by atoms with Gasteiger partial charge in [0.2, 0.25) is 5.91 Å². The highest BCUT2D eigenvalue weighted by Gasteiger charge is 2.30. The Morgan fingerprint density at radius 1 is 1.40 bits per heavy atom. The van der Waals surface area contributed by atoms with Crippen molar-refractivity contribution in [3.8, 4) is 0 Å². The molecule has 2 rings (SSSR count). The number of carbonyl (C=O) groups is 2. The van der Waals surface area contributed by atoms with Crippen LogP contribution in [0.25, 0.3) is 0 Å². The van der Waals surface area contributed by atoms with Crippen LogP contribution >= 0.6 is 0 Å². The molecule has 6 heteroatoms. The van der Waals surface area contributed by atoms with Crippen LogP contribution in [0.4, 0.5) is 0 Å². The first-order valence-corrected chi connectivity index (χ1v) is 6.89. The second-order valence-electron chi connectivity index (χ2n) is 5.56. The van der Waals surface area contributed by atoms with Gasteiger partial charge in [-0.2, -0.15) is 5.10 Å². The SMILES string of the molecule is Cc1nn(C)c(C)c1CC(=O)NC1CCC(C(=O)O)C1. The Kier molecular flexibility index (Phi) is 4.11. The number of rotatable bonds is 4. The van der Waals surface area contributed by atoms with Crippen molar-refractivity contribution in [1.29, 1.82) is 0 Å². The fraction of sp³-hybridized carbons (Fsp3) is 0.643. The lowest BCUT2D eigenvalue weighted by molar-refractivity contribution is -0.141. The Bertz CT molecular complexity index is 536. The molecule has 0 aromatic carbocycles. The maximum Gasteiger partial charge on any atom is 0.306 e. The zero-order valence-corrected chi connectivity index (χ0v) is 12.1. The minimum absolute atomic E-state index is 0.0131. The molecule has 1 aromatic rings. The largest absolute Gasteiger partial charge is 0.481 e. The summed E-state index contributed by atoms with van der Waals surface area (Å²) in [6.07, 6.45) is 2.23. The van der Waals surface area contributed by atoms with E-state index in [1.165, 1.54) is 0 Å². The van der Waals surface area contributed by atoms with Crippen LogP contribution < -0.4 is 5.32 Å². The highest BCUT2D eigenvalue weighted by Crippen LogP contribution is 2.25. The third-order valence-corrected chi connectivity index (χ3v) is 4.14. The quantitative estimate of drug-likeness (QED) is 0.859. The van der Waals surface area contributed by atoms with E-state index < -0.39 is 5.97 Å². The molecule has 2 N–H and O–H groups in total. The first-order valence-electron chi connectivity index (χ1n) is 6.89. The van der Waals surface area contributed by atoms with E-state index in [-0.39, 0.29) is 17.9 Å². The molecule has 1 aromatic heterocycles. The molecule has 1 fully saturated rings. The van der Waals surface area contributed by atoms with Crippen molar-refractivity contribution in [2.75, 3.05) is 0 Å². The summed E-state index contributed by atoms with van der Waals surface area (Å²) < 4.78 is 1.77. The van der Waals surface area contributed by atoms with Crippen molar-refractivity contribution in [2.24, 2.45) is 13.0 Å². The molecule has 0 aliphatic heterocycles. The first-order chi connectivity index (χ1) is 9.38. The van der Waals surface area contributed by atoms with Crippen LogP contribution in [0, 0.1) is 19.8 Å². The third kappa shape index (κ3) is 3.00. The van der Waals surface area contributed by atoms with Gasteiger partial charge in [-0.1, -0.05) is 0 Å². The Labute approximate surface area is 118 Å². The highest BCUT2D eigenvalue weighted by atomic mass is 16.4. The van der Waals surface area contributed by atoms with Crippen LogP contribution in [0.15, 0.2) is 0 Å². The van der Waals surface area contributed by atoms with E-state index in [4.69, 9.17) is 5.11 Å². The molecule has 0 spiro atoms. The van der Waals surface area contributed by atoms with Gasteiger partial charge in [-0.3, -0.25) is 14.3 Å². The fourth-order valence-electron chi connectivity index (χ4n) is 2.85. The van der Waals surface area contributed by atoms with Crippen LogP contribution in [0.2, 0.25) is 0 Å². The topological polar surface area (TPSA) is 84.2 Å². The van der Waals surface area contributed by atoms with Gasteiger partial charge in [-0.05, 0) is 33.1 Å². The van der Waals surface area contributed by atoms with E-state index in [1.54, 1.807) is 4.68 Å². The standard InChI is InChI=1S/C14H21N3O3/c1-8-12(9(2)17(3)16-8)7-13(18)15-11-5-4-10(6-11)14(19)20/h10-11H,4-7H2,1-3H3,(H,15,18)(H,19,20). The van der Waals surface area contributed by atoms with Gasteiger partial charge in [-0.25, -0.2) is 0 Å². The lowest BCUT2D eigenvalue weighted by Gasteiger charge is -2.12. The van der Waals surface area contributed by atoms with Gasteiger partial charge in [-0.15, -0.1) is 0 Å². The summed E-state index contributed by atoms with van der Waals surface area (Å²) in [4.78, 5) is 23.0. The molecule has 0 bridgehead atoms. The number of aryl methyl sites for hydroxylation is 2. The van der Waals surface area contributed by atoms with Gasteiger partial charge >= 0.3 is 5.97 Å². The molecule has 1 amide bonds. The van der Waals surface area contributed by atoms with Gasteiger partial charge < -0.3 is 10.4 Å². The molecule has 20 heavy (non-hydrogen) atoms. The molecule has 2 atom stereocenters.